The van der Waals surface area contributed by atoms with E-state index in [1.54, 1.807) is 12.1 Å². The molecule has 4 bridgehead atoms. The van der Waals surface area contributed by atoms with Crippen LogP contribution in [0.15, 0.2) is 18.2 Å². The molecule has 3 amide bonds. The predicted molar refractivity (Wildman–Crippen MR) is 86.4 cm³/mol. The van der Waals surface area contributed by atoms with Crippen LogP contribution >= 0.6 is 0 Å². The van der Waals surface area contributed by atoms with Crippen LogP contribution in [0.4, 0.5) is 0 Å². The fourth-order valence-corrected chi connectivity index (χ4v) is 6.26. The highest BCUT2D eigenvalue weighted by Crippen LogP contribution is 2.58. The number of hydrogen-bond acceptors (Lipinski definition) is 3. The van der Waals surface area contributed by atoms with Gasteiger partial charge in [-0.15, -0.1) is 0 Å². The lowest BCUT2D eigenvalue weighted by atomic mass is 9.52. The Labute approximate surface area is 140 Å². The van der Waals surface area contributed by atoms with Crippen LogP contribution in [-0.2, 0) is 0 Å². The Balaban J connectivity index is 1.61. The van der Waals surface area contributed by atoms with E-state index in [0.717, 1.165) is 19.3 Å². The van der Waals surface area contributed by atoms with Crippen LogP contribution < -0.4 is 5.73 Å². The summed E-state index contributed by atoms with van der Waals surface area (Å²) in [4.78, 5) is 39.4. The van der Waals surface area contributed by atoms with Gasteiger partial charge in [0.05, 0.1) is 22.2 Å². The Morgan fingerprint density at radius 2 is 1.58 bits per heavy atom. The van der Waals surface area contributed by atoms with Crippen molar-refractivity contribution in [3.8, 4) is 0 Å². The fraction of sp³-hybridized carbons (Fsp3) is 0.526. The van der Waals surface area contributed by atoms with Gasteiger partial charge in [0.2, 0.25) is 5.91 Å². The standard InChI is InChI=1S/C19H20N2O3/c20-16(22)13-2-1-3-14-15(13)18(24)21(17(14)23)19-7-10-4-11(8-19)6-12(5-10)9-19/h1-3,10-12H,4-9H2,(H2,20,22). The first-order valence-corrected chi connectivity index (χ1v) is 8.80. The monoisotopic (exact) mass is 324 g/mol. The van der Waals surface area contributed by atoms with E-state index in [0.29, 0.717) is 23.3 Å². The minimum Gasteiger partial charge on any atom is -0.366 e. The summed E-state index contributed by atoms with van der Waals surface area (Å²) in [6.07, 6.45) is 6.52. The van der Waals surface area contributed by atoms with Crippen molar-refractivity contribution in [3.63, 3.8) is 0 Å². The van der Waals surface area contributed by atoms with E-state index >= 15 is 0 Å². The van der Waals surface area contributed by atoms with Gasteiger partial charge in [-0.2, -0.15) is 0 Å². The second kappa shape index (κ2) is 4.47. The number of nitrogens with zero attached hydrogens (tertiary/aromatic N) is 1. The van der Waals surface area contributed by atoms with E-state index in [-0.39, 0.29) is 28.5 Å². The molecule has 0 unspecified atom stereocenters. The van der Waals surface area contributed by atoms with Crippen molar-refractivity contribution in [1.29, 1.82) is 0 Å². The third-order valence-electron chi connectivity index (χ3n) is 6.66. The van der Waals surface area contributed by atoms with Gasteiger partial charge in [-0.3, -0.25) is 19.3 Å². The summed E-state index contributed by atoms with van der Waals surface area (Å²) >= 11 is 0. The van der Waals surface area contributed by atoms with E-state index in [1.165, 1.54) is 30.2 Å². The normalized spacial score (nSPS) is 36.3. The van der Waals surface area contributed by atoms with E-state index in [4.69, 9.17) is 5.73 Å². The largest absolute Gasteiger partial charge is 0.366 e. The number of benzene rings is 1. The number of rotatable bonds is 2. The molecule has 0 aromatic heterocycles. The summed E-state index contributed by atoms with van der Waals surface area (Å²) in [6, 6.07) is 4.81. The topological polar surface area (TPSA) is 80.5 Å². The molecule has 1 heterocycles. The summed E-state index contributed by atoms with van der Waals surface area (Å²) in [7, 11) is 0. The van der Waals surface area contributed by atoms with Gasteiger partial charge in [0.1, 0.15) is 0 Å². The minimum absolute atomic E-state index is 0.165. The summed E-state index contributed by atoms with van der Waals surface area (Å²) in [5, 5.41) is 0. The molecule has 0 saturated heterocycles. The molecule has 2 N–H and O–H groups in total. The Bertz CT molecular complexity index is 763. The number of hydrogen-bond donors (Lipinski definition) is 1. The molecule has 4 saturated carbocycles. The first kappa shape index (κ1) is 14.2. The van der Waals surface area contributed by atoms with E-state index in [1.807, 2.05) is 0 Å². The summed E-state index contributed by atoms with van der Waals surface area (Å²) in [6.45, 7) is 0. The lowest BCUT2D eigenvalue weighted by Crippen LogP contribution is -2.61. The van der Waals surface area contributed by atoms with Crippen LogP contribution in [0.5, 0.6) is 0 Å². The third kappa shape index (κ3) is 1.67. The molecule has 4 aliphatic carbocycles. The summed E-state index contributed by atoms with van der Waals surface area (Å²) in [5.74, 6) is 0.704. The van der Waals surface area contributed by atoms with Gasteiger partial charge in [-0.05, 0) is 68.4 Å². The Hall–Kier alpha value is -2.17. The highest BCUT2D eigenvalue weighted by molar-refractivity contribution is 6.25. The quantitative estimate of drug-likeness (QED) is 0.848. The summed E-state index contributed by atoms with van der Waals surface area (Å²) < 4.78 is 0. The van der Waals surface area contributed by atoms with Gasteiger partial charge >= 0.3 is 0 Å². The van der Waals surface area contributed by atoms with Gasteiger partial charge in [0.15, 0.2) is 0 Å². The molecular formula is C19H20N2O3. The van der Waals surface area contributed by atoms with Gasteiger partial charge in [0.25, 0.3) is 11.8 Å². The second-order valence-electron chi connectivity index (χ2n) is 8.18. The number of amides is 3. The van der Waals surface area contributed by atoms with Crippen LogP contribution in [0.25, 0.3) is 0 Å². The van der Waals surface area contributed by atoms with Crippen molar-refractivity contribution >= 4 is 17.7 Å². The average Bonchev–Trinajstić information content (AvgIpc) is 2.78. The molecular weight excluding hydrogens is 304 g/mol. The SMILES string of the molecule is NC(=O)c1cccc2c1C(=O)N(C13CC4CC(CC(C4)C1)C3)C2=O. The Morgan fingerprint density at radius 1 is 1.00 bits per heavy atom. The van der Waals surface area contributed by atoms with Crippen molar-refractivity contribution in [2.45, 2.75) is 44.1 Å². The van der Waals surface area contributed by atoms with Crippen molar-refractivity contribution < 1.29 is 14.4 Å². The van der Waals surface area contributed by atoms with Crippen molar-refractivity contribution in [2.75, 3.05) is 0 Å². The van der Waals surface area contributed by atoms with E-state index in [2.05, 4.69) is 0 Å². The first-order valence-electron chi connectivity index (χ1n) is 8.80. The lowest BCUT2D eigenvalue weighted by Gasteiger charge is -2.59. The van der Waals surface area contributed by atoms with Gasteiger partial charge < -0.3 is 5.73 Å². The van der Waals surface area contributed by atoms with Crippen LogP contribution in [0, 0.1) is 17.8 Å². The molecule has 6 rings (SSSR count). The maximum Gasteiger partial charge on any atom is 0.262 e. The maximum absolute atomic E-state index is 13.1. The predicted octanol–water partition coefficient (Wildman–Crippen LogP) is 2.35. The molecule has 124 valence electrons. The average molecular weight is 324 g/mol. The molecule has 1 aromatic rings. The van der Waals surface area contributed by atoms with Gasteiger partial charge in [-0.25, -0.2) is 0 Å². The van der Waals surface area contributed by atoms with E-state index < -0.39 is 5.91 Å². The van der Waals surface area contributed by atoms with Crippen LogP contribution in [0.3, 0.4) is 0 Å². The zero-order chi connectivity index (χ0) is 16.6. The van der Waals surface area contributed by atoms with Crippen LogP contribution in [-0.4, -0.2) is 28.2 Å². The van der Waals surface area contributed by atoms with Gasteiger partial charge in [-0.1, -0.05) is 6.07 Å². The fourth-order valence-electron chi connectivity index (χ4n) is 6.26. The molecule has 5 aliphatic rings. The second-order valence-corrected chi connectivity index (χ2v) is 8.18. The van der Waals surface area contributed by atoms with Crippen LogP contribution in [0.1, 0.15) is 69.6 Å². The van der Waals surface area contributed by atoms with Crippen LogP contribution in [0.2, 0.25) is 0 Å². The van der Waals surface area contributed by atoms with Crippen molar-refractivity contribution in [3.05, 3.63) is 34.9 Å². The molecule has 24 heavy (non-hydrogen) atoms. The van der Waals surface area contributed by atoms with Crippen molar-refractivity contribution in [2.24, 2.45) is 23.5 Å². The molecule has 5 nitrogen and oxygen atoms in total. The molecule has 4 fully saturated rings. The number of carbonyl (C=O) groups is 3. The molecule has 5 heteroatoms. The van der Waals surface area contributed by atoms with Gasteiger partial charge in [0, 0.05) is 0 Å². The molecule has 1 aliphatic heterocycles. The lowest BCUT2D eigenvalue weighted by molar-refractivity contribution is -0.0620. The van der Waals surface area contributed by atoms with E-state index in [9.17, 15) is 14.4 Å². The highest BCUT2D eigenvalue weighted by atomic mass is 16.2. The highest BCUT2D eigenvalue weighted by Gasteiger charge is 2.58. The smallest absolute Gasteiger partial charge is 0.262 e. The Morgan fingerprint density at radius 3 is 2.12 bits per heavy atom. The zero-order valence-electron chi connectivity index (χ0n) is 13.5. The number of carbonyl (C=O) groups excluding carboxylic acids is 3. The van der Waals surface area contributed by atoms with Crippen molar-refractivity contribution in [1.82, 2.24) is 4.90 Å². The third-order valence-corrected chi connectivity index (χ3v) is 6.66. The number of nitrogens with two attached hydrogens (primary N) is 1. The molecule has 0 spiro atoms. The first-order chi connectivity index (χ1) is 11.5. The number of imide groups is 1. The molecule has 0 radical (unpaired) electrons. The number of primary amides is 1. The Kier molecular flexibility index (Phi) is 2.64. The number of fused-ring (bicyclic) bond motifs is 1. The molecule has 1 aromatic carbocycles. The zero-order valence-corrected chi connectivity index (χ0v) is 13.5. The minimum atomic E-state index is -0.652. The molecule has 0 atom stereocenters. The summed E-state index contributed by atoms with van der Waals surface area (Å²) in [5.41, 5.74) is 5.81. The maximum atomic E-state index is 13.1.